The van der Waals surface area contributed by atoms with Crippen molar-refractivity contribution in [2.75, 3.05) is 38.0 Å². The number of likely N-dealkylation sites (tertiary alicyclic amines) is 2. The van der Waals surface area contributed by atoms with Gasteiger partial charge in [0.1, 0.15) is 23.1 Å². The number of fused-ring (bicyclic) bond motifs is 2. The van der Waals surface area contributed by atoms with E-state index in [9.17, 15) is 23.1 Å². The van der Waals surface area contributed by atoms with Crippen LogP contribution in [-0.4, -0.2) is 53.7 Å². The van der Waals surface area contributed by atoms with Gasteiger partial charge in [-0.05, 0) is 24.3 Å². The van der Waals surface area contributed by atoms with Crippen molar-refractivity contribution in [2.45, 2.75) is 5.60 Å². The fraction of sp³-hybridized carbons (Fsp3) is 0.348. The Bertz CT molecular complexity index is 1010. The lowest BCUT2D eigenvalue weighted by Crippen LogP contribution is -2.66. The van der Waals surface area contributed by atoms with Gasteiger partial charge in [0.05, 0.1) is 0 Å². The minimum absolute atomic E-state index is 0.00531. The molecular weight excluding hydrogens is 487 g/mol. The van der Waals surface area contributed by atoms with Crippen molar-refractivity contribution in [1.29, 1.82) is 0 Å². The number of hydrogen-bond acceptors (Lipinski definition) is 3. The molecule has 2 fully saturated rings. The number of nitrogens with one attached hydrogen (secondary N) is 1. The standard InChI is InChI=1S/C23H23BrF3N3O2/c1-2-5-29-10-14-12-30(22(31)28-19-8-17(25)7-18(26)9-19)13-15(11-29)23(14,32)20-4-3-16(24)6-21(20)27/h2-4,6-9,14-15,32H,1,5,10-13H2,(H,28,31). The Labute approximate surface area is 192 Å². The van der Waals surface area contributed by atoms with E-state index in [0.717, 1.165) is 18.2 Å². The molecule has 2 aromatic rings. The summed E-state index contributed by atoms with van der Waals surface area (Å²) < 4.78 is 42.4. The summed E-state index contributed by atoms with van der Waals surface area (Å²) in [6, 6.07) is 6.85. The van der Waals surface area contributed by atoms with E-state index < -0.39 is 40.9 Å². The van der Waals surface area contributed by atoms with E-state index in [1.165, 1.54) is 11.0 Å². The van der Waals surface area contributed by atoms with Crippen LogP contribution in [0, 0.1) is 29.3 Å². The Hall–Kier alpha value is -2.36. The number of carbonyl (C=O) groups excluding carboxylic acids is 1. The first kappa shape index (κ1) is 22.8. The highest BCUT2D eigenvalue weighted by atomic mass is 79.9. The second kappa shape index (κ2) is 8.88. The molecule has 2 saturated heterocycles. The summed E-state index contributed by atoms with van der Waals surface area (Å²) >= 11 is 3.24. The van der Waals surface area contributed by atoms with Gasteiger partial charge in [0, 0.05) is 66.3 Å². The molecular formula is C23H23BrF3N3O2. The van der Waals surface area contributed by atoms with Gasteiger partial charge in [-0.15, -0.1) is 6.58 Å². The van der Waals surface area contributed by atoms with Crippen LogP contribution in [0.1, 0.15) is 5.56 Å². The van der Waals surface area contributed by atoms with Gasteiger partial charge >= 0.3 is 6.03 Å². The smallest absolute Gasteiger partial charge is 0.321 e. The lowest BCUT2D eigenvalue weighted by atomic mass is 9.66. The number of nitrogens with zero attached hydrogens (tertiary/aromatic N) is 2. The molecule has 2 aliphatic heterocycles. The van der Waals surface area contributed by atoms with Crippen LogP contribution in [0.3, 0.4) is 0 Å². The number of anilines is 1. The lowest BCUT2D eigenvalue weighted by molar-refractivity contribution is -0.157. The van der Waals surface area contributed by atoms with Crippen molar-refractivity contribution < 1.29 is 23.1 Å². The molecule has 170 valence electrons. The van der Waals surface area contributed by atoms with Gasteiger partial charge in [0.15, 0.2) is 0 Å². The third kappa shape index (κ3) is 4.29. The molecule has 0 saturated carbocycles. The highest BCUT2D eigenvalue weighted by Gasteiger charge is 2.55. The monoisotopic (exact) mass is 509 g/mol. The Kier molecular flexibility index (Phi) is 6.33. The van der Waals surface area contributed by atoms with Crippen LogP contribution >= 0.6 is 15.9 Å². The first-order chi connectivity index (χ1) is 15.2. The van der Waals surface area contributed by atoms with Crippen molar-refractivity contribution in [2.24, 2.45) is 11.8 Å². The molecule has 2 N–H and O–H groups in total. The number of piperidine rings is 2. The first-order valence-electron chi connectivity index (χ1n) is 10.2. The van der Waals surface area contributed by atoms with Gasteiger partial charge in [-0.1, -0.05) is 28.1 Å². The summed E-state index contributed by atoms with van der Waals surface area (Å²) in [6.45, 7) is 5.56. The quantitative estimate of drug-likeness (QED) is 0.603. The zero-order valence-corrected chi connectivity index (χ0v) is 18.8. The van der Waals surface area contributed by atoms with E-state index in [1.54, 1.807) is 18.2 Å². The number of hydrogen-bond donors (Lipinski definition) is 2. The molecule has 2 aromatic carbocycles. The molecule has 0 aliphatic carbocycles. The molecule has 9 heteroatoms. The zero-order chi connectivity index (χ0) is 23.0. The molecule has 2 heterocycles. The van der Waals surface area contributed by atoms with Gasteiger partial charge in [0.25, 0.3) is 0 Å². The number of amides is 2. The molecule has 4 rings (SSSR count). The van der Waals surface area contributed by atoms with Crippen LogP contribution in [0.25, 0.3) is 0 Å². The van der Waals surface area contributed by atoms with Crippen molar-refractivity contribution in [3.63, 3.8) is 0 Å². The summed E-state index contributed by atoms with van der Waals surface area (Å²) in [5.41, 5.74) is -1.24. The van der Waals surface area contributed by atoms with Crippen LogP contribution in [0.4, 0.5) is 23.7 Å². The van der Waals surface area contributed by atoms with E-state index in [0.29, 0.717) is 24.1 Å². The van der Waals surface area contributed by atoms with Gasteiger partial charge in [-0.3, -0.25) is 4.90 Å². The van der Waals surface area contributed by atoms with Gasteiger partial charge in [-0.25, -0.2) is 18.0 Å². The first-order valence-corrected chi connectivity index (χ1v) is 11.0. The predicted molar refractivity (Wildman–Crippen MR) is 119 cm³/mol. The molecule has 0 aromatic heterocycles. The summed E-state index contributed by atoms with van der Waals surface area (Å²) in [5.74, 6) is -3.05. The molecule has 2 aliphatic rings. The maximum Gasteiger partial charge on any atom is 0.321 e. The van der Waals surface area contributed by atoms with Crippen molar-refractivity contribution in [3.05, 3.63) is 76.5 Å². The number of halogens is 4. The minimum Gasteiger partial charge on any atom is -0.384 e. The molecule has 0 spiro atoms. The average molecular weight is 510 g/mol. The maximum absolute atomic E-state index is 14.9. The van der Waals surface area contributed by atoms with E-state index >= 15 is 0 Å². The van der Waals surface area contributed by atoms with Crippen molar-refractivity contribution >= 4 is 27.6 Å². The van der Waals surface area contributed by atoms with Gasteiger partial charge in [0.2, 0.25) is 0 Å². The topological polar surface area (TPSA) is 55.8 Å². The van der Waals surface area contributed by atoms with E-state index in [-0.39, 0.29) is 24.3 Å². The van der Waals surface area contributed by atoms with Crippen LogP contribution < -0.4 is 5.32 Å². The van der Waals surface area contributed by atoms with E-state index in [1.807, 2.05) is 0 Å². The molecule has 2 atom stereocenters. The molecule has 0 radical (unpaired) electrons. The SMILES string of the molecule is C=CCN1CC2CN(C(=O)Nc3cc(F)cc(F)c3)CC(C1)C2(O)c1ccc(Br)cc1F. The van der Waals surface area contributed by atoms with Crippen LogP contribution in [-0.2, 0) is 5.60 Å². The van der Waals surface area contributed by atoms with Crippen LogP contribution in [0.2, 0.25) is 0 Å². The van der Waals surface area contributed by atoms with Crippen molar-refractivity contribution in [1.82, 2.24) is 9.80 Å². The Balaban J connectivity index is 1.61. The van der Waals surface area contributed by atoms with E-state index in [4.69, 9.17) is 0 Å². The number of rotatable bonds is 4. The van der Waals surface area contributed by atoms with Crippen LogP contribution in [0.5, 0.6) is 0 Å². The molecule has 5 nitrogen and oxygen atoms in total. The van der Waals surface area contributed by atoms with Gasteiger partial charge < -0.3 is 15.3 Å². The average Bonchev–Trinajstić information content (AvgIpc) is 2.67. The number of benzene rings is 2. The zero-order valence-electron chi connectivity index (χ0n) is 17.2. The third-order valence-electron chi connectivity index (χ3n) is 6.23. The second-order valence-electron chi connectivity index (χ2n) is 8.34. The van der Waals surface area contributed by atoms with E-state index in [2.05, 4.69) is 32.7 Å². The maximum atomic E-state index is 14.9. The summed E-state index contributed by atoms with van der Waals surface area (Å²) in [7, 11) is 0. The summed E-state index contributed by atoms with van der Waals surface area (Å²) in [5, 5.41) is 14.3. The third-order valence-corrected chi connectivity index (χ3v) is 6.73. The lowest BCUT2D eigenvalue weighted by Gasteiger charge is -2.55. The second-order valence-corrected chi connectivity index (χ2v) is 9.26. The fourth-order valence-corrected chi connectivity index (χ4v) is 5.22. The fourth-order valence-electron chi connectivity index (χ4n) is 4.89. The normalized spacial score (nSPS) is 25.5. The summed E-state index contributed by atoms with van der Waals surface area (Å²) in [6.07, 6.45) is 1.77. The highest BCUT2D eigenvalue weighted by Crippen LogP contribution is 2.46. The van der Waals surface area contributed by atoms with Gasteiger partial charge in [-0.2, -0.15) is 0 Å². The number of urea groups is 1. The molecule has 32 heavy (non-hydrogen) atoms. The molecule has 2 amide bonds. The number of aliphatic hydroxyl groups is 1. The van der Waals surface area contributed by atoms with Crippen LogP contribution in [0.15, 0.2) is 53.5 Å². The molecule has 2 unspecified atom stereocenters. The molecule has 2 bridgehead atoms. The van der Waals surface area contributed by atoms with Crippen molar-refractivity contribution in [3.8, 4) is 0 Å². The largest absolute Gasteiger partial charge is 0.384 e. The number of carbonyl (C=O) groups is 1. The Morgan fingerprint density at radius 1 is 1.12 bits per heavy atom. The minimum atomic E-state index is -1.45. The predicted octanol–water partition coefficient (Wildman–Crippen LogP) is 4.34. The summed E-state index contributed by atoms with van der Waals surface area (Å²) in [4.78, 5) is 16.5. The Morgan fingerprint density at radius 3 is 2.31 bits per heavy atom. The Morgan fingerprint density at radius 2 is 1.75 bits per heavy atom. The highest BCUT2D eigenvalue weighted by molar-refractivity contribution is 9.10.